The molecule has 0 amide bonds. The Bertz CT molecular complexity index is 413. The summed E-state index contributed by atoms with van der Waals surface area (Å²) in [4.78, 5) is 0. The molecule has 2 heteroatoms. The van der Waals surface area contributed by atoms with Crippen LogP contribution in [0.5, 0.6) is 0 Å². The van der Waals surface area contributed by atoms with Gasteiger partial charge in [0.25, 0.3) is 0 Å². The zero-order valence-electron chi connectivity index (χ0n) is 12.8. The fraction of sp³-hybridized carbons (Fsp3) is 0.556. The fourth-order valence-corrected chi connectivity index (χ4v) is 2.02. The van der Waals surface area contributed by atoms with Gasteiger partial charge >= 0.3 is 0 Å². The summed E-state index contributed by atoms with van der Waals surface area (Å²) in [6.07, 6.45) is 6.69. The van der Waals surface area contributed by atoms with E-state index in [1.165, 1.54) is 31.2 Å². The van der Waals surface area contributed by atoms with Crippen LogP contribution >= 0.6 is 0 Å². The van der Waals surface area contributed by atoms with Gasteiger partial charge in [-0.05, 0) is 31.0 Å². The fourth-order valence-electron chi connectivity index (χ4n) is 2.02. The van der Waals surface area contributed by atoms with Crippen molar-refractivity contribution in [3.05, 3.63) is 35.4 Å². The van der Waals surface area contributed by atoms with E-state index in [2.05, 4.69) is 37.8 Å². The van der Waals surface area contributed by atoms with Crippen molar-refractivity contribution in [2.45, 2.75) is 58.7 Å². The van der Waals surface area contributed by atoms with Crippen molar-refractivity contribution >= 4 is 0 Å². The molecule has 2 nitrogen and oxygen atoms in total. The monoisotopic (exact) mass is 273 g/mol. The smallest absolute Gasteiger partial charge is 0.0720 e. The van der Waals surface area contributed by atoms with Crippen LogP contribution in [0.15, 0.2) is 24.3 Å². The lowest BCUT2D eigenvalue weighted by Gasteiger charge is -2.13. The highest BCUT2D eigenvalue weighted by Crippen LogP contribution is 2.11. The summed E-state index contributed by atoms with van der Waals surface area (Å²) in [5.41, 5.74) is 7.56. The van der Waals surface area contributed by atoms with E-state index in [0.717, 1.165) is 12.0 Å². The van der Waals surface area contributed by atoms with E-state index in [1.54, 1.807) is 0 Å². The Hall–Kier alpha value is -1.30. The third-order valence-electron chi connectivity index (χ3n) is 3.29. The summed E-state index contributed by atoms with van der Waals surface area (Å²) < 4.78 is 5.87. The summed E-state index contributed by atoms with van der Waals surface area (Å²) in [6.45, 7) is 5.48. The van der Waals surface area contributed by atoms with Crippen molar-refractivity contribution < 1.29 is 4.74 Å². The summed E-state index contributed by atoms with van der Waals surface area (Å²) in [7, 11) is 0. The Morgan fingerprint density at radius 2 is 1.90 bits per heavy atom. The Morgan fingerprint density at radius 1 is 1.15 bits per heavy atom. The van der Waals surface area contributed by atoms with Crippen LogP contribution in [0.2, 0.25) is 0 Å². The molecule has 0 aliphatic rings. The van der Waals surface area contributed by atoms with Gasteiger partial charge in [-0.2, -0.15) is 0 Å². The van der Waals surface area contributed by atoms with Gasteiger partial charge in [-0.1, -0.05) is 56.6 Å². The average Bonchev–Trinajstić information content (AvgIpc) is 2.48. The van der Waals surface area contributed by atoms with Crippen LogP contribution in [-0.2, 0) is 11.3 Å². The van der Waals surface area contributed by atoms with Gasteiger partial charge in [0.2, 0.25) is 0 Å². The van der Waals surface area contributed by atoms with Crippen LogP contribution in [0, 0.1) is 11.8 Å². The molecule has 1 rings (SSSR count). The summed E-state index contributed by atoms with van der Waals surface area (Å²) in [5.74, 6) is 5.87. The number of unbranched alkanes of at least 4 members (excludes halogenated alkanes) is 3. The number of rotatable bonds is 8. The molecule has 2 N–H and O–H groups in total. The molecule has 0 heterocycles. The maximum Gasteiger partial charge on any atom is 0.0720 e. The molecule has 1 aromatic rings. The first kappa shape index (κ1) is 16.8. The Balaban J connectivity index is 2.27. The predicted octanol–water partition coefficient (Wildman–Crippen LogP) is 3.87. The third kappa shape index (κ3) is 7.33. The lowest BCUT2D eigenvalue weighted by Crippen LogP contribution is -2.07. The van der Waals surface area contributed by atoms with E-state index in [0.29, 0.717) is 19.3 Å². The van der Waals surface area contributed by atoms with Crippen LogP contribution in [0.1, 0.15) is 57.1 Å². The summed E-state index contributed by atoms with van der Waals surface area (Å²) in [5, 5.41) is 0. The minimum atomic E-state index is 0.337. The first-order valence-corrected chi connectivity index (χ1v) is 7.65. The highest BCUT2D eigenvalue weighted by atomic mass is 16.5. The lowest BCUT2D eigenvalue weighted by molar-refractivity contribution is 0.0459. The minimum absolute atomic E-state index is 0.337. The molecular formula is C18H27NO. The Labute approximate surface area is 123 Å². The normalized spacial score (nSPS) is 11.8. The van der Waals surface area contributed by atoms with Crippen LogP contribution in [0.25, 0.3) is 0 Å². The molecule has 0 aliphatic carbocycles. The molecule has 1 unspecified atom stereocenters. The van der Waals surface area contributed by atoms with Gasteiger partial charge in [-0.3, -0.25) is 0 Å². The van der Waals surface area contributed by atoms with E-state index in [9.17, 15) is 0 Å². The van der Waals surface area contributed by atoms with Crippen molar-refractivity contribution in [2.75, 3.05) is 6.54 Å². The minimum Gasteiger partial charge on any atom is -0.374 e. The molecule has 1 atom stereocenters. The van der Waals surface area contributed by atoms with Crippen molar-refractivity contribution in [3.8, 4) is 11.8 Å². The van der Waals surface area contributed by atoms with E-state index >= 15 is 0 Å². The number of benzene rings is 1. The molecule has 0 spiro atoms. The van der Waals surface area contributed by atoms with Crippen LogP contribution < -0.4 is 5.73 Å². The van der Waals surface area contributed by atoms with Gasteiger partial charge in [0.15, 0.2) is 0 Å². The highest BCUT2D eigenvalue weighted by molar-refractivity contribution is 5.36. The molecular weight excluding hydrogens is 246 g/mol. The number of hydrogen-bond acceptors (Lipinski definition) is 2. The van der Waals surface area contributed by atoms with Gasteiger partial charge in [-0.15, -0.1) is 0 Å². The van der Waals surface area contributed by atoms with E-state index in [1.807, 2.05) is 12.1 Å². The lowest BCUT2D eigenvalue weighted by atomic mass is 10.1. The molecule has 110 valence electrons. The van der Waals surface area contributed by atoms with E-state index in [4.69, 9.17) is 10.5 Å². The molecule has 0 radical (unpaired) electrons. The topological polar surface area (TPSA) is 35.2 Å². The van der Waals surface area contributed by atoms with Crippen LogP contribution in [0.3, 0.4) is 0 Å². The maximum atomic E-state index is 5.87. The van der Waals surface area contributed by atoms with Gasteiger partial charge in [-0.25, -0.2) is 0 Å². The van der Waals surface area contributed by atoms with Gasteiger partial charge < -0.3 is 10.5 Å². The molecule has 0 fully saturated rings. The zero-order chi connectivity index (χ0) is 14.6. The molecule has 0 saturated heterocycles. The van der Waals surface area contributed by atoms with Crippen molar-refractivity contribution in [1.82, 2.24) is 0 Å². The highest BCUT2D eigenvalue weighted by Gasteiger charge is 2.02. The molecule has 20 heavy (non-hydrogen) atoms. The van der Waals surface area contributed by atoms with Gasteiger partial charge in [0, 0.05) is 5.56 Å². The number of ether oxygens (including phenoxy) is 1. The number of nitrogens with two attached hydrogens (primary N) is 1. The van der Waals surface area contributed by atoms with Crippen molar-refractivity contribution in [3.63, 3.8) is 0 Å². The standard InChI is InChI=1S/C18H27NO/c1-3-4-5-6-8-16(2)20-15-18-12-10-17(11-13-18)9-7-14-19/h10-13,16H,3-6,8,14-15,19H2,1-2H3. The van der Waals surface area contributed by atoms with Gasteiger partial charge in [0.1, 0.15) is 0 Å². The van der Waals surface area contributed by atoms with Crippen LogP contribution in [0.4, 0.5) is 0 Å². The second kappa shape index (κ2) is 10.5. The van der Waals surface area contributed by atoms with Crippen LogP contribution in [-0.4, -0.2) is 12.6 Å². The maximum absolute atomic E-state index is 5.87. The summed E-state index contributed by atoms with van der Waals surface area (Å²) >= 11 is 0. The predicted molar refractivity (Wildman–Crippen MR) is 85.4 cm³/mol. The van der Waals surface area contributed by atoms with Gasteiger partial charge in [0.05, 0.1) is 19.3 Å². The first-order valence-electron chi connectivity index (χ1n) is 7.65. The van der Waals surface area contributed by atoms with E-state index in [-0.39, 0.29) is 0 Å². The molecule has 0 bridgehead atoms. The summed E-state index contributed by atoms with van der Waals surface area (Å²) in [6, 6.07) is 8.19. The first-order chi connectivity index (χ1) is 9.76. The molecule has 0 saturated carbocycles. The van der Waals surface area contributed by atoms with Crippen molar-refractivity contribution in [1.29, 1.82) is 0 Å². The SMILES string of the molecule is CCCCCCC(C)OCc1ccc(C#CCN)cc1. The zero-order valence-corrected chi connectivity index (χ0v) is 12.8. The second-order valence-electron chi connectivity index (χ2n) is 5.17. The Morgan fingerprint density at radius 3 is 2.55 bits per heavy atom. The third-order valence-corrected chi connectivity index (χ3v) is 3.29. The number of hydrogen-bond donors (Lipinski definition) is 1. The average molecular weight is 273 g/mol. The van der Waals surface area contributed by atoms with E-state index < -0.39 is 0 Å². The molecule has 1 aromatic carbocycles. The second-order valence-corrected chi connectivity index (χ2v) is 5.17. The molecule has 0 aromatic heterocycles. The van der Waals surface area contributed by atoms with Crippen molar-refractivity contribution in [2.24, 2.45) is 5.73 Å². The quantitative estimate of drug-likeness (QED) is 0.576. The Kier molecular flexibility index (Phi) is 8.78. The molecule has 0 aliphatic heterocycles. The largest absolute Gasteiger partial charge is 0.374 e.